The Morgan fingerprint density at radius 1 is 1.83 bits per heavy atom. The molecule has 0 aliphatic carbocycles. The molecule has 0 bridgehead atoms. The van der Waals surface area contributed by atoms with E-state index in [1.165, 1.54) is 11.3 Å². The summed E-state index contributed by atoms with van der Waals surface area (Å²) in [6.45, 7) is 1.81. The number of nitriles is 1. The van der Waals surface area contributed by atoms with Crippen LogP contribution in [0.5, 0.6) is 0 Å². The maximum absolute atomic E-state index is 11.1. The molecule has 0 saturated heterocycles. The Labute approximate surface area is 78.6 Å². The number of nitrogens with one attached hydrogen (secondary N) is 1. The van der Waals surface area contributed by atoms with Gasteiger partial charge in [0.2, 0.25) is 0 Å². The topological polar surface area (TPSA) is 52.9 Å². The zero-order chi connectivity index (χ0) is 9.14. The number of hydrogen-bond donors (Lipinski definition) is 1. The van der Waals surface area contributed by atoms with Gasteiger partial charge in [0.15, 0.2) is 6.19 Å². The van der Waals surface area contributed by atoms with Crippen LogP contribution in [0, 0.1) is 18.4 Å². The summed E-state index contributed by atoms with van der Waals surface area (Å²) in [5.41, 5.74) is 0.852. The largest absolute Gasteiger partial charge is 0.275 e. The molecular weight excluding hydrogens is 196 g/mol. The summed E-state index contributed by atoms with van der Waals surface area (Å²) in [5, 5.41) is 12.4. The Bertz CT molecular complexity index is 353. The number of aryl methyl sites for hydroxylation is 1. The van der Waals surface area contributed by atoms with Crippen molar-refractivity contribution in [1.82, 2.24) is 5.32 Å². The third kappa shape index (κ3) is 1.58. The van der Waals surface area contributed by atoms with Gasteiger partial charge in [-0.1, -0.05) is 11.6 Å². The van der Waals surface area contributed by atoms with Crippen molar-refractivity contribution in [1.29, 1.82) is 5.26 Å². The van der Waals surface area contributed by atoms with Crippen LogP contribution in [0.2, 0.25) is 5.02 Å². The molecule has 0 saturated carbocycles. The highest BCUT2D eigenvalue weighted by Gasteiger charge is 2.13. The lowest BCUT2D eigenvalue weighted by Gasteiger charge is -1.92. The van der Waals surface area contributed by atoms with Gasteiger partial charge in [0.05, 0.1) is 5.02 Å². The Morgan fingerprint density at radius 3 is 2.92 bits per heavy atom. The van der Waals surface area contributed by atoms with Crippen molar-refractivity contribution in [2.75, 3.05) is 0 Å². The van der Waals surface area contributed by atoms with Crippen LogP contribution in [-0.4, -0.2) is 5.91 Å². The molecule has 1 aromatic rings. The summed E-state index contributed by atoms with van der Waals surface area (Å²) in [4.78, 5) is 11.5. The summed E-state index contributed by atoms with van der Waals surface area (Å²) in [6, 6.07) is 0. The first kappa shape index (κ1) is 9.04. The second-order valence-electron chi connectivity index (χ2n) is 2.13. The van der Waals surface area contributed by atoms with E-state index >= 15 is 0 Å². The van der Waals surface area contributed by atoms with Gasteiger partial charge in [0, 0.05) is 0 Å². The zero-order valence-corrected chi connectivity index (χ0v) is 7.79. The molecule has 62 valence electrons. The average Bonchev–Trinajstić information content (AvgIpc) is 2.34. The summed E-state index contributed by atoms with van der Waals surface area (Å²) in [5.74, 6) is -0.444. The Kier molecular flexibility index (Phi) is 2.69. The van der Waals surface area contributed by atoms with Crippen LogP contribution in [0.25, 0.3) is 0 Å². The van der Waals surface area contributed by atoms with E-state index in [0.717, 1.165) is 5.56 Å². The fraction of sp³-hybridized carbons (Fsp3) is 0.143. The molecule has 1 heterocycles. The van der Waals surface area contributed by atoms with Gasteiger partial charge in [-0.25, -0.2) is 0 Å². The van der Waals surface area contributed by atoms with Crippen molar-refractivity contribution in [2.45, 2.75) is 6.92 Å². The second-order valence-corrected chi connectivity index (χ2v) is 3.39. The van der Waals surface area contributed by atoms with Crippen molar-refractivity contribution in [3.05, 3.63) is 20.8 Å². The molecule has 1 amide bonds. The molecule has 0 unspecified atom stereocenters. The van der Waals surface area contributed by atoms with Crippen molar-refractivity contribution in [3.8, 4) is 6.19 Å². The van der Waals surface area contributed by atoms with Crippen LogP contribution in [-0.2, 0) is 0 Å². The number of halogens is 1. The first-order chi connectivity index (χ1) is 5.66. The molecule has 0 aromatic carbocycles. The summed E-state index contributed by atoms with van der Waals surface area (Å²) in [6.07, 6.45) is 1.55. The lowest BCUT2D eigenvalue weighted by atomic mass is 10.3. The van der Waals surface area contributed by atoms with Crippen LogP contribution in [0.3, 0.4) is 0 Å². The second kappa shape index (κ2) is 3.57. The first-order valence-corrected chi connectivity index (χ1v) is 4.35. The highest BCUT2D eigenvalue weighted by atomic mass is 35.5. The predicted molar refractivity (Wildman–Crippen MR) is 47.1 cm³/mol. The molecule has 0 radical (unpaired) electrons. The van der Waals surface area contributed by atoms with E-state index in [0.29, 0.717) is 9.90 Å². The van der Waals surface area contributed by atoms with Crippen LogP contribution < -0.4 is 5.32 Å². The van der Waals surface area contributed by atoms with Gasteiger partial charge in [-0.3, -0.25) is 10.1 Å². The van der Waals surface area contributed by atoms with Crippen LogP contribution in [0.4, 0.5) is 0 Å². The van der Waals surface area contributed by atoms with E-state index in [1.54, 1.807) is 11.6 Å². The summed E-state index contributed by atoms with van der Waals surface area (Å²) < 4.78 is 0. The van der Waals surface area contributed by atoms with Gasteiger partial charge < -0.3 is 0 Å². The van der Waals surface area contributed by atoms with Crippen LogP contribution >= 0.6 is 22.9 Å². The molecule has 0 atom stereocenters. The minimum atomic E-state index is -0.444. The van der Waals surface area contributed by atoms with Crippen LogP contribution in [0.1, 0.15) is 15.2 Å². The maximum Gasteiger partial charge on any atom is 0.275 e. The number of nitrogens with zero attached hydrogens (tertiary/aromatic N) is 1. The van der Waals surface area contributed by atoms with Crippen molar-refractivity contribution < 1.29 is 4.79 Å². The number of hydrogen-bond acceptors (Lipinski definition) is 3. The third-order valence-electron chi connectivity index (χ3n) is 1.27. The van der Waals surface area contributed by atoms with E-state index in [1.807, 2.05) is 12.2 Å². The first-order valence-electron chi connectivity index (χ1n) is 3.10. The minimum absolute atomic E-state index is 0.385. The summed E-state index contributed by atoms with van der Waals surface area (Å²) in [7, 11) is 0. The van der Waals surface area contributed by atoms with Gasteiger partial charge in [0.25, 0.3) is 5.91 Å². The SMILES string of the molecule is Cc1csc(C(=O)NC#N)c1Cl. The zero-order valence-electron chi connectivity index (χ0n) is 6.22. The van der Waals surface area contributed by atoms with Gasteiger partial charge in [0.1, 0.15) is 4.88 Å². The highest BCUT2D eigenvalue weighted by molar-refractivity contribution is 7.13. The lowest BCUT2D eigenvalue weighted by Crippen LogP contribution is -2.16. The number of amides is 1. The number of carbonyl (C=O) groups is 1. The molecular formula is C7H5ClN2OS. The van der Waals surface area contributed by atoms with E-state index < -0.39 is 5.91 Å². The van der Waals surface area contributed by atoms with Crippen molar-refractivity contribution in [3.63, 3.8) is 0 Å². The standard InChI is InChI=1S/C7H5ClN2OS/c1-4-2-12-6(5(4)8)7(11)10-3-9/h2H,1H3,(H,10,11). The molecule has 1 aromatic heterocycles. The van der Waals surface area contributed by atoms with E-state index in [-0.39, 0.29) is 0 Å². The molecule has 3 nitrogen and oxygen atoms in total. The molecule has 0 aliphatic rings. The molecule has 1 rings (SSSR count). The number of carbonyl (C=O) groups excluding carboxylic acids is 1. The Hall–Kier alpha value is -1.05. The normalized spacial score (nSPS) is 9.08. The van der Waals surface area contributed by atoms with Gasteiger partial charge >= 0.3 is 0 Å². The highest BCUT2D eigenvalue weighted by Crippen LogP contribution is 2.26. The Morgan fingerprint density at radius 2 is 2.50 bits per heavy atom. The van der Waals surface area contributed by atoms with Crippen molar-refractivity contribution >= 4 is 28.8 Å². The molecule has 12 heavy (non-hydrogen) atoms. The van der Waals surface area contributed by atoms with E-state index in [9.17, 15) is 4.79 Å². The quantitative estimate of drug-likeness (QED) is 0.556. The monoisotopic (exact) mass is 200 g/mol. The molecule has 1 N–H and O–H groups in total. The number of rotatable bonds is 1. The maximum atomic E-state index is 11.1. The van der Waals surface area contributed by atoms with Gasteiger partial charge in [-0.15, -0.1) is 11.3 Å². The fourth-order valence-corrected chi connectivity index (χ4v) is 1.86. The molecule has 0 spiro atoms. The van der Waals surface area contributed by atoms with Gasteiger partial charge in [-0.05, 0) is 17.9 Å². The van der Waals surface area contributed by atoms with Gasteiger partial charge in [-0.2, -0.15) is 5.26 Å². The predicted octanol–water partition coefficient (Wildman–Crippen LogP) is 1.92. The molecule has 0 aliphatic heterocycles. The van der Waals surface area contributed by atoms with Crippen molar-refractivity contribution in [2.24, 2.45) is 0 Å². The Balaban J connectivity index is 2.97. The third-order valence-corrected chi connectivity index (χ3v) is 2.97. The minimum Gasteiger partial charge on any atom is -0.267 e. The fourth-order valence-electron chi connectivity index (χ4n) is 0.691. The average molecular weight is 201 g/mol. The van der Waals surface area contributed by atoms with E-state index in [2.05, 4.69) is 0 Å². The lowest BCUT2D eigenvalue weighted by molar-refractivity contribution is 0.0977. The van der Waals surface area contributed by atoms with Crippen LogP contribution in [0.15, 0.2) is 5.38 Å². The summed E-state index contributed by atoms with van der Waals surface area (Å²) >= 11 is 7.01. The number of thiophene rings is 1. The molecule has 5 heteroatoms. The smallest absolute Gasteiger partial charge is 0.267 e. The molecule has 0 fully saturated rings. The van der Waals surface area contributed by atoms with E-state index in [4.69, 9.17) is 16.9 Å².